The number of allylic oxidation sites excluding steroid dienone is 1. The lowest BCUT2D eigenvalue weighted by Crippen LogP contribution is -2.51. The van der Waals surface area contributed by atoms with Crippen LogP contribution in [0.2, 0.25) is 15.1 Å². The molecule has 236 valence electrons. The Morgan fingerprint density at radius 1 is 0.930 bits per heavy atom. The third-order valence-corrected chi connectivity index (χ3v) is 6.32. The maximum atomic E-state index is 15.0. The van der Waals surface area contributed by atoms with Crippen molar-refractivity contribution < 1.29 is 63.4 Å². The van der Waals surface area contributed by atoms with E-state index in [1.807, 2.05) is 0 Å². The summed E-state index contributed by atoms with van der Waals surface area (Å²) < 4.78 is 135. The molecule has 0 saturated heterocycles. The van der Waals surface area contributed by atoms with Crippen molar-refractivity contribution in [1.82, 2.24) is 15.8 Å². The molecule has 0 fully saturated rings. The standard InChI is InChI=1S/C23H14Cl3F10N3O4/c24-14-4-10(5-15(25)18(14)26)12(22(31,32)33)6-16(27)9-1-2-11(13(3-9)23(34,35)36)19(41)39(38-20(42)43)7-17(40)37-8-21(28,29)30/h1-6,12,38H,7-8H2,(H,37,40)(H,42,43)/b16-6-/t12-/m1/s1. The van der Waals surface area contributed by atoms with Crippen LogP contribution in [-0.2, 0) is 11.0 Å². The summed E-state index contributed by atoms with van der Waals surface area (Å²) in [5, 5.41) is 8.66. The highest BCUT2D eigenvalue weighted by Gasteiger charge is 2.41. The lowest BCUT2D eigenvalue weighted by molar-refractivity contribution is -0.140. The van der Waals surface area contributed by atoms with Gasteiger partial charge in [-0.1, -0.05) is 40.9 Å². The first-order chi connectivity index (χ1) is 19.5. The number of hydrogen-bond donors (Lipinski definition) is 3. The Kier molecular flexibility index (Phi) is 11.2. The SMILES string of the molecule is O=C(O)NN(CC(=O)NCC(F)(F)F)C(=O)c1ccc(/C(F)=C/[C@H](c2cc(Cl)c(Cl)c(Cl)c2)C(F)(F)F)cc1C(F)(F)F. The molecule has 3 amide bonds. The monoisotopic (exact) mass is 691 g/mol. The maximum Gasteiger partial charge on any atom is 0.423 e. The summed E-state index contributed by atoms with van der Waals surface area (Å²) in [6.07, 6.45) is -17.9. The average Bonchev–Trinajstić information content (AvgIpc) is 2.85. The number of rotatable bonds is 7. The summed E-state index contributed by atoms with van der Waals surface area (Å²) in [5.74, 6) is -8.23. The van der Waals surface area contributed by atoms with Gasteiger partial charge in [0.25, 0.3) is 5.91 Å². The van der Waals surface area contributed by atoms with E-state index in [0.29, 0.717) is 18.2 Å². The van der Waals surface area contributed by atoms with Crippen LogP contribution in [0, 0.1) is 0 Å². The fraction of sp³-hybridized carbons (Fsp3) is 0.261. The number of halogens is 13. The first-order valence-corrected chi connectivity index (χ1v) is 12.1. The quantitative estimate of drug-likeness (QED) is 0.158. The van der Waals surface area contributed by atoms with E-state index in [4.69, 9.17) is 39.9 Å². The van der Waals surface area contributed by atoms with Crippen LogP contribution in [0.5, 0.6) is 0 Å². The highest BCUT2D eigenvalue weighted by Crippen LogP contribution is 2.43. The summed E-state index contributed by atoms with van der Waals surface area (Å²) in [6, 6.07) is 2.03. The second kappa shape index (κ2) is 13.5. The van der Waals surface area contributed by atoms with E-state index in [9.17, 15) is 53.9 Å². The van der Waals surface area contributed by atoms with E-state index < -0.39 is 93.6 Å². The molecule has 1 atom stereocenters. The molecule has 0 aliphatic carbocycles. The van der Waals surface area contributed by atoms with Gasteiger partial charge in [-0.2, -0.15) is 39.5 Å². The van der Waals surface area contributed by atoms with Crippen molar-refractivity contribution in [1.29, 1.82) is 0 Å². The van der Waals surface area contributed by atoms with Crippen LogP contribution in [-0.4, -0.2) is 53.5 Å². The predicted molar refractivity (Wildman–Crippen MR) is 132 cm³/mol. The van der Waals surface area contributed by atoms with Crippen LogP contribution in [0.1, 0.15) is 33.0 Å². The van der Waals surface area contributed by atoms with Crippen molar-refractivity contribution in [3.8, 4) is 0 Å². The predicted octanol–water partition coefficient (Wildman–Crippen LogP) is 7.63. The molecule has 0 bridgehead atoms. The minimum Gasteiger partial charge on any atom is -0.464 e. The van der Waals surface area contributed by atoms with Gasteiger partial charge in [-0.25, -0.2) is 19.6 Å². The number of carbonyl (C=O) groups excluding carboxylic acids is 2. The fourth-order valence-corrected chi connectivity index (χ4v) is 3.93. The lowest BCUT2D eigenvalue weighted by atomic mass is 9.95. The summed E-state index contributed by atoms with van der Waals surface area (Å²) in [5.41, 5.74) is -4.04. The normalized spacial score (nSPS) is 13.4. The molecular formula is C23H14Cl3F10N3O4. The Labute approximate surface area is 248 Å². The molecule has 0 heterocycles. The molecule has 2 aromatic rings. The number of alkyl halides is 9. The molecule has 0 aliphatic rings. The summed E-state index contributed by atoms with van der Waals surface area (Å²) >= 11 is 17.2. The molecule has 0 spiro atoms. The maximum absolute atomic E-state index is 15.0. The van der Waals surface area contributed by atoms with Crippen LogP contribution in [0.3, 0.4) is 0 Å². The van der Waals surface area contributed by atoms with Crippen LogP contribution in [0.4, 0.5) is 48.7 Å². The van der Waals surface area contributed by atoms with Gasteiger partial charge in [0, 0.05) is 5.56 Å². The molecule has 2 aromatic carbocycles. The van der Waals surface area contributed by atoms with Crippen molar-refractivity contribution in [2.75, 3.05) is 13.1 Å². The van der Waals surface area contributed by atoms with E-state index in [1.165, 1.54) is 10.7 Å². The molecule has 0 radical (unpaired) electrons. The zero-order valence-electron chi connectivity index (χ0n) is 20.5. The van der Waals surface area contributed by atoms with Crippen LogP contribution >= 0.6 is 34.8 Å². The minimum atomic E-state index is -5.52. The van der Waals surface area contributed by atoms with Crippen molar-refractivity contribution in [2.45, 2.75) is 24.4 Å². The second-order valence-corrected chi connectivity index (χ2v) is 9.48. The number of hydrazine groups is 1. The molecule has 43 heavy (non-hydrogen) atoms. The highest BCUT2D eigenvalue weighted by molar-refractivity contribution is 6.48. The fourth-order valence-electron chi connectivity index (χ4n) is 3.31. The number of benzene rings is 2. The van der Waals surface area contributed by atoms with E-state index in [-0.39, 0.29) is 28.2 Å². The molecule has 0 unspecified atom stereocenters. The average molecular weight is 693 g/mol. The Morgan fingerprint density at radius 2 is 1.49 bits per heavy atom. The molecule has 3 N–H and O–H groups in total. The van der Waals surface area contributed by atoms with Gasteiger partial charge in [0.05, 0.1) is 26.2 Å². The smallest absolute Gasteiger partial charge is 0.423 e. The molecule has 2 rings (SSSR count). The van der Waals surface area contributed by atoms with Gasteiger partial charge >= 0.3 is 24.6 Å². The molecular weight excluding hydrogens is 679 g/mol. The number of carbonyl (C=O) groups is 3. The number of hydrogen-bond acceptors (Lipinski definition) is 3. The Hall–Kier alpha value is -3.44. The number of nitrogens with zero attached hydrogens (tertiary/aromatic N) is 1. The Bertz CT molecular complexity index is 1410. The van der Waals surface area contributed by atoms with Gasteiger partial charge in [0.2, 0.25) is 5.91 Å². The number of carboxylic acid groups (broad SMARTS) is 1. The van der Waals surface area contributed by atoms with E-state index in [1.54, 1.807) is 0 Å². The topological polar surface area (TPSA) is 98.7 Å². The summed E-state index contributed by atoms with van der Waals surface area (Å²) in [7, 11) is 0. The van der Waals surface area contributed by atoms with Crippen molar-refractivity contribution in [3.63, 3.8) is 0 Å². The van der Waals surface area contributed by atoms with Crippen LogP contribution in [0.15, 0.2) is 36.4 Å². The van der Waals surface area contributed by atoms with E-state index in [0.717, 1.165) is 0 Å². The Morgan fingerprint density at radius 3 is 1.95 bits per heavy atom. The van der Waals surface area contributed by atoms with E-state index >= 15 is 4.39 Å². The Balaban J connectivity index is 2.56. The molecule has 7 nitrogen and oxygen atoms in total. The third-order valence-electron chi connectivity index (χ3n) is 5.13. The molecule has 0 aromatic heterocycles. The summed E-state index contributed by atoms with van der Waals surface area (Å²) in [4.78, 5) is 35.5. The first kappa shape index (κ1) is 35.8. The molecule has 0 aliphatic heterocycles. The van der Waals surface area contributed by atoms with Crippen molar-refractivity contribution >= 4 is 58.5 Å². The molecule has 20 heteroatoms. The number of nitrogens with one attached hydrogen (secondary N) is 2. The molecule has 0 saturated carbocycles. The zero-order chi connectivity index (χ0) is 33.1. The van der Waals surface area contributed by atoms with E-state index in [2.05, 4.69) is 0 Å². The van der Waals surface area contributed by atoms with Gasteiger partial charge in [-0.05, 0) is 35.9 Å². The highest BCUT2D eigenvalue weighted by atomic mass is 35.5. The van der Waals surface area contributed by atoms with Crippen molar-refractivity contribution in [3.05, 3.63) is 73.7 Å². The largest absolute Gasteiger partial charge is 0.464 e. The third kappa shape index (κ3) is 10.1. The van der Waals surface area contributed by atoms with Crippen molar-refractivity contribution in [2.24, 2.45) is 0 Å². The second-order valence-electron chi connectivity index (χ2n) is 8.29. The minimum absolute atomic E-state index is 0.0724. The van der Waals surface area contributed by atoms with Gasteiger partial charge in [-0.3, -0.25) is 9.59 Å². The zero-order valence-corrected chi connectivity index (χ0v) is 22.8. The van der Waals surface area contributed by atoms with Gasteiger partial charge < -0.3 is 10.4 Å². The number of amides is 3. The van der Waals surface area contributed by atoms with Crippen LogP contribution < -0.4 is 10.7 Å². The first-order valence-electron chi connectivity index (χ1n) is 11.0. The van der Waals surface area contributed by atoms with Crippen LogP contribution in [0.25, 0.3) is 5.83 Å². The van der Waals surface area contributed by atoms with Gasteiger partial charge in [0.1, 0.15) is 24.8 Å². The van der Waals surface area contributed by atoms with Gasteiger partial charge in [-0.15, -0.1) is 0 Å². The summed E-state index contributed by atoms with van der Waals surface area (Å²) in [6.45, 7) is -3.46. The van der Waals surface area contributed by atoms with Gasteiger partial charge in [0.15, 0.2) is 0 Å². The lowest BCUT2D eigenvalue weighted by Gasteiger charge is -2.23.